The first-order valence-electron chi connectivity index (χ1n) is 9.73. The van der Waals surface area contributed by atoms with Gasteiger partial charge < -0.3 is 15.2 Å². The summed E-state index contributed by atoms with van der Waals surface area (Å²) in [6, 6.07) is 16.3. The summed E-state index contributed by atoms with van der Waals surface area (Å²) in [5.74, 6) is 0. The predicted octanol–water partition coefficient (Wildman–Crippen LogP) is 3.89. The molecule has 0 aliphatic carbocycles. The number of halogens is 1. The molecule has 2 aromatic carbocycles. The second-order valence-corrected chi connectivity index (χ2v) is 7.67. The second kappa shape index (κ2) is 8.67. The number of aromatic nitrogens is 1. The smallest absolute Gasteiger partial charge is 0.317 e. The molecular weight excluding hydrogens is 372 g/mol. The zero-order valence-corrected chi connectivity index (χ0v) is 16.6. The zero-order chi connectivity index (χ0) is 19.3. The molecule has 1 saturated heterocycles. The SMILES string of the molecule is O=C(NCCc1c[nH]c2ccccc12)N1CCN(Cc2ccc(Cl)cc2)CC1. The molecule has 4 rings (SSSR count). The fraction of sp³-hybridized carbons (Fsp3) is 0.318. The van der Waals surface area contributed by atoms with Crippen molar-refractivity contribution >= 4 is 28.5 Å². The summed E-state index contributed by atoms with van der Waals surface area (Å²) >= 11 is 5.94. The molecule has 28 heavy (non-hydrogen) atoms. The molecule has 1 aliphatic heterocycles. The number of amides is 2. The lowest BCUT2D eigenvalue weighted by Crippen LogP contribution is -2.51. The van der Waals surface area contributed by atoms with Crippen molar-refractivity contribution in [1.29, 1.82) is 0 Å². The number of carbonyl (C=O) groups excluding carboxylic acids is 1. The van der Waals surface area contributed by atoms with E-state index in [1.807, 2.05) is 35.4 Å². The van der Waals surface area contributed by atoms with Crippen LogP contribution < -0.4 is 5.32 Å². The molecule has 5 nitrogen and oxygen atoms in total. The Morgan fingerprint density at radius 2 is 1.79 bits per heavy atom. The van der Waals surface area contributed by atoms with Gasteiger partial charge in [0.05, 0.1) is 0 Å². The Bertz CT molecular complexity index is 929. The molecular formula is C22H25ClN4O. The van der Waals surface area contributed by atoms with Crippen LogP contribution in [0.3, 0.4) is 0 Å². The Morgan fingerprint density at radius 3 is 2.57 bits per heavy atom. The monoisotopic (exact) mass is 396 g/mol. The van der Waals surface area contributed by atoms with Crippen LogP contribution in [0, 0.1) is 0 Å². The number of rotatable bonds is 5. The first kappa shape index (κ1) is 18.8. The summed E-state index contributed by atoms with van der Waals surface area (Å²) in [6.07, 6.45) is 2.86. The third kappa shape index (κ3) is 4.49. The standard InChI is InChI=1S/C22H25ClN4O/c23-19-7-5-17(6-8-19)16-26-11-13-27(14-12-26)22(28)24-10-9-18-15-25-21-4-2-1-3-20(18)21/h1-8,15,25H,9-14,16H2,(H,24,28). The lowest BCUT2D eigenvalue weighted by atomic mass is 10.1. The zero-order valence-electron chi connectivity index (χ0n) is 15.8. The van der Waals surface area contributed by atoms with E-state index >= 15 is 0 Å². The minimum atomic E-state index is 0.0333. The Balaban J connectivity index is 1.21. The van der Waals surface area contributed by atoms with Gasteiger partial charge in [-0.1, -0.05) is 41.9 Å². The van der Waals surface area contributed by atoms with Gasteiger partial charge in [0.25, 0.3) is 0 Å². The molecule has 6 heteroatoms. The average molecular weight is 397 g/mol. The number of H-pyrrole nitrogens is 1. The number of benzene rings is 2. The lowest BCUT2D eigenvalue weighted by Gasteiger charge is -2.34. The van der Waals surface area contributed by atoms with Crippen molar-refractivity contribution in [2.45, 2.75) is 13.0 Å². The minimum Gasteiger partial charge on any atom is -0.361 e. The number of nitrogens with zero attached hydrogens (tertiary/aromatic N) is 2. The van der Waals surface area contributed by atoms with E-state index in [1.54, 1.807) is 0 Å². The number of fused-ring (bicyclic) bond motifs is 1. The summed E-state index contributed by atoms with van der Waals surface area (Å²) in [6.45, 7) is 4.83. The molecule has 2 amide bonds. The Morgan fingerprint density at radius 1 is 1.04 bits per heavy atom. The molecule has 0 unspecified atom stereocenters. The van der Waals surface area contributed by atoms with Crippen LogP contribution in [0.25, 0.3) is 10.9 Å². The normalized spacial score (nSPS) is 15.1. The van der Waals surface area contributed by atoms with Crippen LogP contribution in [0.4, 0.5) is 4.79 Å². The molecule has 0 atom stereocenters. The fourth-order valence-electron chi connectivity index (χ4n) is 3.71. The van der Waals surface area contributed by atoms with Crippen LogP contribution in [-0.2, 0) is 13.0 Å². The summed E-state index contributed by atoms with van der Waals surface area (Å²) in [4.78, 5) is 20.0. The summed E-state index contributed by atoms with van der Waals surface area (Å²) in [5, 5.41) is 5.06. The minimum absolute atomic E-state index is 0.0333. The molecule has 0 radical (unpaired) electrons. The molecule has 2 heterocycles. The molecule has 1 aromatic heterocycles. The van der Waals surface area contributed by atoms with E-state index in [-0.39, 0.29) is 6.03 Å². The lowest BCUT2D eigenvalue weighted by molar-refractivity contribution is 0.135. The van der Waals surface area contributed by atoms with Crippen molar-refractivity contribution in [2.75, 3.05) is 32.7 Å². The quantitative estimate of drug-likeness (QED) is 0.687. The molecule has 1 fully saturated rings. The van der Waals surface area contributed by atoms with Gasteiger partial charge in [-0.05, 0) is 35.7 Å². The molecule has 2 N–H and O–H groups in total. The number of nitrogens with one attached hydrogen (secondary N) is 2. The van der Waals surface area contributed by atoms with Crippen molar-refractivity contribution in [3.05, 3.63) is 70.9 Å². The van der Waals surface area contributed by atoms with Crippen LogP contribution in [0.5, 0.6) is 0 Å². The van der Waals surface area contributed by atoms with Gasteiger partial charge in [-0.15, -0.1) is 0 Å². The summed E-state index contributed by atoms with van der Waals surface area (Å²) < 4.78 is 0. The third-order valence-corrected chi connectivity index (χ3v) is 5.58. The maximum Gasteiger partial charge on any atom is 0.317 e. The van der Waals surface area contributed by atoms with E-state index in [1.165, 1.54) is 16.5 Å². The number of hydrogen-bond donors (Lipinski definition) is 2. The Labute approximate surface area is 170 Å². The van der Waals surface area contributed by atoms with Gasteiger partial charge in [0, 0.05) is 61.4 Å². The van der Waals surface area contributed by atoms with E-state index in [0.29, 0.717) is 6.54 Å². The first-order chi connectivity index (χ1) is 13.7. The van der Waals surface area contributed by atoms with E-state index in [0.717, 1.165) is 49.7 Å². The first-order valence-corrected chi connectivity index (χ1v) is 10.1. The van der Waals surface area contributed by atoms with Crippen molar-refractivity contribution in [3.63, 3.8) is 0 Å². The van der Waals surface area contributed by atoms with E-state index in [9.17, 15) is 4.79 Å². The molecule has 146 valence electrons. The highest BCUT2D eigenvalue weighted by Gasteiger charge is 2.20. The van der Waals surface area contributed by atoms with Gasteiger partial charge in [-0.3, -0.25) is 4.90 Å². The van der Waals surface area contributed by atoms with Crippen molar-refractivity contribution < 1.29 is 4.79 Å². The number of para-hydroxylation sites is 1. The number of piperazine rings is 1. The summed E-state index contributed by atoms with van der Waals surface area (Å²) in [5.41, 5.74) is 3.63. The van der Waals surface area contributed by atoms with E-state index in [2.05, 4.69) is 39.5 Å². The Kier molecular flexibility index (Phi) is 5.84. The topological polar surface area (TPSA) is 51.4 Å². The van der Waals surface area contributed by atoms with Gasteiger partial charge >= 0.3 is 6.03 Å². The van der Waals surface area contributed by atoms with Crippen molar-refractivity contribution in [3.8, 4) is 0 Å². The number of hydrogen-bond acceptors (Lipinski definition) is 2. The highest BCUT2D eigenvalue weighted by molar-refractivity contribution is 6.30. The number of urea groups is 1. The number of aromatic amines is 1. The van der Waals surface area contributed by atoms with Crippen LogP contribution in [0.15, 0.2) is 54.7 Å². The van der Waals surface area contributed by atoms with Crippen molar-refractivity contribution in [2.24, 2.45) is 0 Å². The second-order valence-electron chi connectivity index (χ2n) is 7.23. The van der Waals surface area contributed by atoms with Crippen LogP contribution in [0.2, 0.25) is 5.02 Å². The molecule has 1 aliphatic rings. The van der Waals surface area contributed by atoms with Crippen LogP contribution >= 0.6 is 11.6 Å². The van der Waals surface area contributed by atoms with Gasteiger partial charge in [-0.2, -0.15) is 0 Å². The van der Waals surface area contributed by atoms with Gasteiger partial charge in [0.2, 0.25) is 0 Å². The molecule has 0 saturated carbocycles. The molecule has 3 aromatic rings. The van der Waals surface area contributed by atoms with E-state index in [4.69, 9.17) is 11.6 Å². The highest BCUT2D eigenvalue weighted by Crippen LogP contribution is 2.18. The van der Waals surface area contributed by atoms with Gasteiger partial charge in [-0.25, -0.2) is 4.79 Å². The largest absolute Gasteiger partial charge is 0.361 e. The van der Waals surface area contributed by atoms with Gasteiger partial charge in [0.1, 0.15) is 0 Å². The third-order valence-electron chi connectivity index (χ3n) is 5.32. The fourth-order valence-corrected chi connectivity index (χ4v) is 3.84. The van der Waals surface area contributed by atoms with Gasteiger partial charge in [0.15, 0.2) is 0 Å². The molecule has 0 bridgehead atoms. The number of carbonyl (C=O) groups is 1. The van der Waals surface area contributed by atoms with Crippen LogP contribution in [0.1, 0.15) is 11.1 Å². The van der Waals surface area contributed by atoms with Crippen molar-refractivity contribution in [1.82, 2.24) is 20.1 Å². The maximum absolute atomic E-state index is 12.5. The Hall–Kier alpha value is -2.50. The predicted molar refractivity (Wildman–Crippen MR) is 114 cm³/mol. The highest BCUT2D eigenvalue weighted by atomic mass is 35.5. The maximum atomic E-state index is 12.5. The van der Waals surface area contributed by atoms with E-state index < -0.39 is 0 Å². The molecule has 0 spiro atoms. The summed E-state index contributed by atoms with van der Waals surface area (Å²) in [7, 11) is 0. The van der Waals surface area contributed by atoms with Crippen LogP contribution in [-0.4, -0.2) is 53.5 Å². The average Bonchev–Trinajstić information content (AvgIpc) is 3.13.